The van der Waals surface area contributed by atoms with Gasteiger partial charge < -0.3 is 15.8 Å². The molecule has 2 atom stereocenters. The third-order valence-electron chi connectivity index (χ3n) is 4.43. The van der Waals surface area contributed by atoms with E-state index in [0.29, 0.717) is 6.04 Å². The predicted molar refractivity (Wildman–Crippen MR) is 79.9 cm³/mol. The molecule has 0 amide bonds. The Morgan fingerprint density at radius 2 is 2.35 bits per heavy atom. The number of nitrogens with one attached hydrogen (secondary N) is 1. The summed E-state index contributed by atoms with van der Waals surface area (Å²) in [5.74, 6) is 0.928. The molecule has 1 aromatic heterocycles. The van der Waals surface area contributed by atoms with Crippen LogP contribution in [0.1, 0.15) is 25.5 Å². The Labute approximate surface area is 120 Å². The first-order valence-electron chi connectivity index (χ1n) is 7.61. The van der Waals surface area contributed by atoms with Gasteiger partial charge in [0.2, 0.25) is 0 Å². The number of morpholine rings is 1. The van der Waals surface area contributed by atoms with Gasteiger partial charge in [0.25, 0.3) is 0 Å². The molecule has 2 aliphatic heterocycles. The molecule has 0 spiro atoms. The molecule has 3 heterocycles. The molecule has 2 aliphatic rings. The minimum Gasteiger partial charge on any atom is -0.394 e. The first-order chi connectivity index (χ1) is 9.69. The number of nitrogens with zero attached hydrogens (tertiary/aromatic N) is 3. The monoisotopic (exact) mass is 279 g/mol. The van der Waals surface area contributed by atoms with Gasteiger partial charge in [0.15, 0.2) is 0 Å². The van der Waals surface area contributed by atoms with Crippen molar-refractivity contribution in [2.24, 2.45) is 0 Å². The molecule has 0 aliphatic carbocycles. The molecule has 20 heavy (non-hydrogen) atoms. The standard InChI is InChI=1S/C14H25N5O/c1-3-19-14(13(15)10(2)17-19)16-7-12-8-18-6-4-5-11(18)9-20-12/h11-12,16H,3-9,15H2,1-2H3. The fourth-order valence-corrected chi connectivity index (χ4v) is 3.23. The number of aromatic nitrogens is 2. The van der Waals surface area contributed by atoms with Crippen molar-refractivity contribution in [3.63, 3.8) is 0 Å². The van der Waals surface area contributed by atoms with E-state index in [1.807, 2.05) is 11.6 Å². The Morgan fingerprint density at radius 1 is 1.50 bits per heavy atom. The van der Waals surface area contributed by atoms with Crippen molar-refractivity contribution >= 4 is 11.5 Å². The first-order valence-corrected chi connectivity index (χ1v) is 7.61. The Balaban J connectivity index is 1.59. The fourth-order valence-electron chi connectivity index (χ4n) is 3.23. The summed E-state index contributed by atoms with van der Waals surface area (Å²) in [5, 5.41) is 7.85. The molecule has 6 nitrogen and oxygen atoms in total. The van der Waals surface area contributed by atoms with Gasteiger partial charge in [-0.2, -0.15) is 5.10 Å². The van der Waals surface area contributed by atoms with E-state index in [1.54, 1.807) is 0 Å². The topological polar surface area (TPSA) is 68.3 Å². The van der Waals surface area contributed by atoms with E-state index in [4.69, 9.17) is 10.5 Å². The molecule has 0 radical (unpaired) electrons. The van der Waals surface area contributed by atoms with Crippen molar-refractivity contribution in [3.05, 3.63) is 5.69 Å². The molecule has 0 saturated carbocycles. The number of aryl methyl sites for hydroxylation is 2. The Kier molecular flexibility index (Phi) is 3.85. The van der Waals surface area contributed by atoms with Crippen LogP contribution < -0.4 is 11.1 Å². The van der Waals surface area contributed by atoms with Crippen LogP contribution in [0, 0.1) is 6.92 Å². The summed E-state index contributed by atoms with van der Waals surface area (Å²) < 4.78 is 7.88. The Bertz CT molecular complexity index is 472. The lowest BCUT2D eigenvalue weighted by molar-refractivity contribution is -0.0416. The number of hydrogen-bond acceptors (Lipinski definition) is 5. The fraction of sp³-hybridized carbons (Fsp3) is 0.786. The minimum atomic E-state index is 0.240. The maximum absolute atomic E-state index is 6.08. The lowest BCUT2D eigenvalue weighted by Gasteiger charge is -2.35. The van der Waals surface area contributed by atoms with Crippen LogP contribution in [0.5, 0.6) is 0 Å². The normalized spacial score (nSPS) is 26.7. The van der Waals surface area contributed by atoms with Crippen LogP contribution in [-0.2, 0) is 11.3 Å². The third kappa shape index (κ3) is 2.50. The highest BCUT2D eigenvalue weighted by atomic mass is 16.5. The third-order valence-corrected chi connectivity index (χ3v) is 4.43. The zero-order chi connectivity index (χ0) is 14.1. The van der Waals surface area contributed by atoms with Crippen LogP contribution in [0.15, 0.2) is 0 Å². The van der Waals surface area contributed by atoms with Crippen LogP contribution in [0.4, 0.5) is 11.5 Å². The molecule has 6 heteroatoms. The van der Waals surface area contributed by atoms with E-state index >= 15 is 0 Å². The number of hydrogen-bond donors (Lipinski definition) is 2. The van der Waals surface area contributed by atoms with Gasteiger partial charge in [-0.3, -0.25) is 4.90 Å². The van der Waals surface area contributed by atoms with Crippen molar-refractivity contribution in [1.29, 1.82) is 0 Å². The van der Waals surface area contributed by atoms with E-state index < -0.39 is 0 Å². The van der Waals surface area contributed by atoms with Gasteiger partial charge in [-0.25, -0.2) is 4.68 Å². The lowest BCUT2D eigenvalue weighted by Crippen LogP contribution is -2.48. The summed E-state index contributed by atoms with van der Waals surface area (Å²) in [7, 11) is 0. The van der Waals surface area contributed by atoms with Crippen molar-refractivity contribution in [2.75, 3.05) is 37.3 Å². The predicted octanol–water partition coefficient (Wildman–Crippen LogP) is 1.07. The zero-order valence-corrected chi connectivity index (χ0v) is 12.4. The van der Waals surface area contributed by atoms with E-state index in [1.165, 1.54) is 19.4 Å². The number of nitrogen functional groups attached to an aromatic ring is 1. The Morgan fingerprint density at radius 3 is 3.15 bits per heavy atom. The van der Waals surface area contributed by atoms with Crippen LogP contribution in [0.3, 0.4) is 0 Å². The van der Waals surface area contributed by atoms with Crippen LogP contribution in [0.25, 0.3) is 0 Å². The maximum atomic E-state index is 6.08. The largest absolute Gasteiger partial charge is 0.394 e. The number of fused-ring (bicyclic) bond motifs is 1. The number of ether oxygens (including phenoxy) is 1. The van der Waals surface area contributed by atoms with Crippen LogP contribution >= 0.6 is 0 Å². The summed E-state index contributed by atoms with van der Waals surface area (Å²) >= 11 is 0. The molecular formula is C14H25N5O. The molecule has 3 N–H and O–H groups in total. The second kappa shape index (κ2) is 5.61. The number of nitrogens with two attached hydrogens (primary N) is 1. The lowest BCUT2D eigenvalue weighted by atomic mass is 10.2. The molecule has 0 aromatic carbocycles. The van der Waals surface area contributed by atoms with Crippen molar-refractivity contribution in [3.8, 4) is 0 Å². The smallest absolute Gasteiger partial charge is 0.148 e. The van der Waals surface area contributed by atoms with Crippen molar-refractivity contribution in [2.45, 2.75) is 45.4 Å². The molecule has 1 aromatic rings. The summed E-state index contributed by atoms with van der Waals surface area (Å²) in [5.41, 5.74) is 7.72. The van der Waals surface area contributed by atoms with Crippen molar-refractivity contribution in [1.82, 2.24) is 14.7 Å². The average Bonchev–Trinajstić information content (AvgIpc) is 3.02. The average molecular weight is 279 g/mol. The molecule has 0 bridgehead atoms. The van der Waals surface area contributed by atoms with Gasteiger partial charge in [0.05, 0.1) is 24.1 Å². The van der Waals surface area contributed by atoms with Crippen LogP contribution in [0.2, 0.25) is 0 Å². The van der Waals surface area contributed by atoms with Gasteiger partial charge in [0, 0.05) is 25.7 Å². The second-order valence-corrected chi connectivity index (χ2v) is 5.79. The summed E-state index contributed by atoms with van der Waals surface area (Å²) in [4.78, 5) is 2.56. The highest BCUT2D eigenvalue weighted by Crippen LogP contribution is 2.25. The highest BCUT2D eigenvalue weighted by molar-refractivity contribution is 5.64. The highest BCUT2D eigenvalue weighted by Gasteiger charge is 2.32. The van der Waals surface area contributed by atoms with Gasteiger partial charge in [-0.1, -0.05) is 0 Å². The maximum Gasteiger partial charge on any atom is 0.148 e. The zero-order valence-electron chi connectivity index (χ0n) is 12.4. The molecular weight excluding hydrogens is 254 g/mol. The molecule has 2 fully saturated rings. The second-order valence-electron chi connectivity index (χ2n) is 5.79. The van der Waals surface area contributed by atoms with Gasteiger partial charge >= 0.3 is 0 Å². The van der Waals surface area contributed by atoms with Gasteiger partial charge in [-0.15, -0.1) is 0 Å². The Hall–Kier alpha value is -1.27. The van der Waals surface area contributed by atoms with Crippen molar-refractivity contribution < 1.29 is 4.74 Å². The van der Waals surface area contributed by atoms with E-state index in [9.17, 15) is 0 Å². The van der Waals surface area contributed by atoms with E-state index in [-0.39, 0.29) is 6.10 Å². The first kappa shape index (κ1) is 13.7. The molecule has 112 valence electrons. The quantitative estimate of drug-likeness (QED) is 0.863. The van der Waals surface area contributed by atoms with Gasteiger partial charge in [0.1, 0.15) is 5.82 Å². The minimum absolute atomic E-state index is 0.240. The summed E-state index contributed by atoms with van der Waals surface area (Å²) in [6.45, 7) is 8.74. The molecule has 2 unspecified atom stereocenters. The molecule has 2 saturated heterocycles. The SMILES string of the molecule is CCn1nc(C)c(N)c1NCC1CN2CCCC2CO1. The molecule has 3 rings (SSSR count). The summed E-state index contributed by atoms with van der Waals surface area (Å²) in [6.07, 6.45) is 2.84. The number of rotatable bonds is 4. The summed E-state index contributed by atoms with van der Waals surface area (Å²) in [6, 6.07) is 0.653. The van der Waals surface area contributed by atoms with E-state index in [2.05, 4.69) is 22.2 Å². The number of anilines is 2. The van der Waals surface area contributed by atoms with Gasteiger partial charge in [-0.05, 0) is 33.2 Å². The van der Waals surface area contributed by atoms with Crippen LogP contribution in [-0.4, -0.2) is 53.1 Å². The van der Waals surface area contributed by atoms with E-state index in [0.717, 1.165) is 43.4 Å².